The number of nitrogens with one attached hydrogen (secondary N) is 1. The lowest BCUT2D eigenvalue weighted by Gasteiger charge is -2.13. The van der Waals surface area contributed by atoms with Crippen molar-refractivity contribution in [3.63, 3.8) is 0 Å². The SMILES string of the molecule is CC(CC1CC1)NS(=O)(=O)c1ncccc1F. The highest BCUT2D eigenvalue weighted by Crippen LogP contribution is 2.33. The highest BCUT2D eigenvalue weighted by atomic mass is 32.2. The molecule has 1 saturated carbocycles. The molecule has 0 amide bonds. The molecule has 1 N–H and O–H groups in total. The Morgan fingerprint density at radius 2 is 2.29 bits per heavy atom. The summed E-state index contributed by atoms with van der Waals surface area (Å²) in [5, 5.41) is -0.525. The maximum absolute atomic E-state index is 13.3. The van der Waals surface area contributed by atoms with E-state index in [4.69, 9.17) is 0 Å². The van der Waals surface area contributed by atoms with Gasteiger partial charge in [0.15, 0.2) is 5.82 Å². The van der Waals surface area contributed by atoms with E-state index in [2.05, 4.69) is 9.71 Å². The van der Waals surface area contributed by atoms with Crippen molar-refractivity contribution < 1.29 is 12.8 Å². The van der Waals surface area contributed by atoms with Gasteiger partial charge in [-0.05, 0) is 31.4 Å². The van der Waals surface area contributed by atoms with Gasteiger partial charge in [0.1, 0.15) is 0 Å². The van der Waals surface area contributed by atoms with Gasteiger partial charge >= 0.3 is 0 Å². The number of hydrogen-bond acceptors (Lipinski definition) is 3. The fraction of sp³-hybridized carbons (Fsp3) is 0.545. The summed E-state index contributed by atoms with van der Waals surface area (Å²) in [6.07, 6.45) is 4.38. The molecule has 1 fully saturated rings. The molecule has 2 rings (SSSR count). The first-order valence-electron chi connectivity index (χ1n) is 5.62. The molecule has 6 heteroatoms. The van der Waals surface area contributed by atoms with Crippen LogP contribution < -0.4 is 4.72 Å². The Hall–Kier alpha value is -1.01. The Kier molecular flexibility index (Phi) is 3.44. The number of hydrogen-bond donors (Lipinski definition) is 1. The first-order chi connectivity index (χ1) is 7.99. The van der Waals surface area contributed by atoms with Gasteiger partial charge in [-0.1, -0.05) is 12.8 Å². The van der Waals surface area contributed by atoms with Crippen molar-refractivity contribution in [2.75, 3.05) is 0 Å². The number of sulfonamides is 1. The van der Waals surface area contributed by atoms with Gasteiger partial charge in [-0.2, -0.15) is 0 Å². The molecule has 1 unspecified atom stereocenters. The van der Waals surface area contributed by atoms with Crippen LogP contribution in [0.2, 0.25) is 0 Å². The van der Waals surface area contributed by atoms with Crippen LogP contribution in [-0.2, 0) is 10.0 Å². The normalized spacial score (nSPS) is 18.0. The average Bonchev–Trinajstić information content (AvgIpc) is 3.00. The zero-order valence-electron chi connectivity index (χ0n) is 9.56. The van der Waals surface area contributed by atoms with Crippen molar-refractivity contribution in [1.82, 2.24) is 9.71 Å². The molecule has 1 aliphatic carbocycles. The number of nitrogens with zero attached hydrogens (tertiary/aromatic N) is 1. The zero-order chi connectivity index (χ0) is 12.5. The van der Waals surface area contributed by atoms with Crippen LogP contribution in [-0.4, -0.2) is 19.4 Å². The molecule has 17 heavy (non-hydrogen) atoms. The monoisotopic (exact) mass is 258 g/mol. The van der Waals surface area contributed by atoms with Crippen LogP contribution in [0.3, 0.4) is 0 Å². The Morgan fingerprint density at radius 3 is 2.88 bits per heavy atom. The second-order valence-corrected chi connectivity index (χ2v) is 6.12. The van der Waals surface area contributed by atoms with Crippen molar-refractivity contribution >= 4 is 10.0 Å². The number of rotatable bonds is 5. The average molecular weight is 258 g/mol. The topological polar surface area (TPSA) is 59.1 Å². The molecule has 0 saturated heterocycles. The third-order valence-electron chi connectivity index (χ3n) is 2.72. The maximum atomic E-state index is 13.3. The summed E-state index contributed by atoms with van der Waals surface area (Å²) in [5.74, 6) is -0.208. The standard InChI is InChI=1S/C11H15FN2O2S/c1-8(7-9-4-5-9)14-17(15,16)11-10(12)3-2-6-13-11/h2-3,6,8-9,14H,4-5,7H2,1H3. The third-order valence-corrected chi connectivity index (χ3v) is 4.24. The van der Waals surface area contributed by atoms with Crippen molar-refractivity contribution in [2.24, 2.45) is 5.92 Å². The summed E-state index contributed by atoms with van der Waals surface area (Å²) in [6.45, 7) is 1.79. The van der Waals surface area contributed by atoms with Crippen molar-refractivity contribution in [2.45, 2.75) is 37.3 Å². The van der Waals surface area contributed by atoms with Crippen LogP contribution in [0.15, 0.2) is 23.4 Å². The van der Waals surface area contributed by atoms with Gasteiger partial charge in [0.05, 0.1) is 0 Å². The van der Waals surface area contributed by atoms with Gasteiger partial charge in [-0.15, -0.1) is 0 Å². The van der Waals surface area contributed by atoms with E-state index in [1.807, 2.05) is 0 Å². The molecule has 1 aliphatic rings. The number of pyridine rings is 1. The molecule has 0 radical (unpaired) electrons. The molecular formula is C11H15FN2O2S. The quantitative estimate of drug-likeness (QED) is 0.874. The van der Waals surface area contributed by atoms with Crippen LogP contribution in [0.1, 0.15) is 26.2 Å². The van der Waals surface area contributed by atoms with Gasteiger partial charge in [0, 0.05) is 12.2 Å². The van der Waals surface area contributed by atoms with Gasteiger partial charge in [-0.3, -0.25) is 0 Å². The first-order valence-corrected chi connectivity index (χ1v) is 7.10. The van der Waals surface area contributed by atoms with Gasteiger partial charge in [-0.25, -0.2) is 22.5 Å². The molecule has 1 aromatic heterocycles. The smallest absolute Gasteiger partial charge is 0.241 e. The molecule has 0 aliphatic heterocycles. The molecule has 1 aromatic rings. The predicted molar refractivity (Wildman–Crippen MR) is 61.3 cm³/mol. The summed E-state index contributed by atoms with van der Waals surface area (Å²) in [5.41, 5.74) is 0. The molecule has 4 nitrogen and oxygen atoms in total. The second kappa shape index (κ2) is 4.70. The van der Waals surface area contributed by atoms with E-state index in [0.29, 0.717) is 5.92 Å². The Bertz CT molecular complexity index is 500. The number of halogens is 1. The van der Waals surface area contributed by atoms with E-state index in [9.17, 15) is 12.8 Å². The van der Waals surface area contributed by atoms with Gasteiger partial charge in [0.25, 0.3) is 10.0 Å². The van der Waals surface area contributed by atoms with E-state index in [0.717, 1.165) is 25.3 Å². The summed E-state index contributed by atoms with van der Waals surface area (Å²) in [7, 11) is -3.84. The minimum Gasteiger partial charge on any atom is -0.241 e. The minimum atomic E-state index is -3.84. The largest absolute Gasteiger partial charge is 0.261 e. The van der Waals surface area contributed by atoms with Crippen molar-refractivity contribution in [1.29, 1.82) is 0 Å². The number of aromatic nitrogens is 1. The van der Waals surface area contributed by atoms with E-state index < -0.39 is 20.9 Å². The van der Waals surface area contributed by atoms with E-state index in [1.165, 1.54) is 12.3 Å². The lowest BCUT2D eigenvalue weighted by molar-refractivity contribution is 0.514. The summed E-state index contributed by atoms with van der Waals surface area (Å²) < 4.78 is 39.5. The van der Waals surface area contributed by atoms with Crippen LogP contribution in [0, 0.1) is 11.7 Å². The highest BCUT2D eigenvalue weighted by molar-refractivity contribution is 7.89. The van der Waals surface area contributed by atoms with Crippen molar-refractivity contribution in [3.05, 3.63) is 24.1 Å². The van der Waals surface area contributed by atoms with Gasteiger partial charge < -0.3 is 0 Å². The Labute approximate surface area is 100 Å². The molecular weight excluding hydrogens is 243 g/mol. The van der Waals surface area contributed by atoms with Crippen LogP contribution in [0.4, 0.5) is 4.39 Å². The lowest BCUT2D eigenvalue weighted by Crippen LogP contribution is -2.34. The second-order valence-electron chi connectivity index (χ2n) is 4.49. The van der Waals surface area contributed by atoms with Crippen LogP contribution in [0.5, 0.6) is 0 Å². The molecule has 94 valence electrons. The Balaban J connectivity index is 2.10. The minimum absolute atomic E-state index is 0.186. The summed E-state index contributed by atoms with van der Waals surface area (Å²) in [4.78, 5) is 3.57. The zero-order valence-corrected chi connectivity index (χ0v) is 10.4. The summed E-state index contributed by atoms with van der Waals surface area (Å²) >= 11 is 0. The maximum Gasteiger partial charge on any atom is 0.261 e. The van der Waals surface area contributed by atoms with Crippen LogP contribution >= 0.6 is 0 Å². The summed E-state index contributed by atoms with van der Waals surface area (Å²) in [6, 6.07) is 2.27. The highest BCUT2D eigenvalue weighted by Gasteiger charge is 2.27. The van der Waals surface area contributed by atoms with E-state index >= 15 is 0 Å². The predicted octanol–water partition coefficient (Wildman–Crippen LogP) is 1.69. The molecule has 0 bridgehead atoms. The van der Waals surface area contributed by atoms with Crippen LogP contribution in [0.25, 0.3) is 0 Å². The fourth-order valence-electron chi connectivity index (χ4n) is 1.79. The Morgan fingerprint density at radius 1 is 1.59 bits per heavy atom. The lowest BCUT2D eigenvalue weighted by atomic mass is 10.2. The first kappa shape index (κ1) is 12.4. The molecule has 0 aromatic carbocycles. The van der Waals surface area contributed by atoms with Gasteiger partial charge in [0.2, 0.25) is 5.03 Å². The molecule has 1 heterocycles. The fourth-order valence-corrected chi connectivity index (χ4v) is 3.05. The van der Waals surface area contributed by atoms with E-state index in [-0.39, 0.29) is 6.04 Å². The molecule has 0 spiro atoms. The van der Waals surface area contributed by atoms with Crippen molar-refractivity contribution in [3.8, 4) is 0 Å². The molecule has 1 atom stereocenters. The third kappa shape index (κ3) is 3.23. The van der Waals surface area contributed by atoms with E-state index in [1.54, 1.807) is 6.92 Å².